The van der Waals surface area contributed by atoms with E-state index >= 15 is 0 Å². The zero-order valence-corrected chi connectivity index (χ0v) is 20.5. The van der Waals surface area contributed by atoms with Crippen LogP contribution in [-0.4, -0.2) is 24.5 Å². The Morgan fingerprint density at radius 2 is 1.81 bits per heavy atom. The number of anilines is 1. The van der Waals surface area contributed by atoms with Crippen LogP contribution in [0.4, 0.5) is 5.82 Å². The first-order chi connectivity index (χ1) is 17.6. The molecule has 176 valence electrons. The minimum absolute atomic E-state index is 0.0833. The predicted octanol–water partition coefficient (Wildman–Crippen LogP) is 5.93. The van der Waals surface area contributed by atoms with Gasteiger partial charge < -0.3 is 5.32 Å². The fraction of sp³-hybridized carbons (Fsp3) is 0.107. The smallest absolute Gasteiger partial charge is 0.263 e. The summed E-state index contributed by atoms with van der Waals surface area (Å²) in [5, 5.41) is 5.00. The Hall–Kier alpha value is -4.43. The van der Waals surface area contributed by atoms with E-state index in [1.165, 1.54) is 17.7 Å². The number of hydrogen-bond donors (Lipinski definition) is 1. The third kappa shape index (κ3) is 3.81. The summed E-state index contributed by atoms with van der Waals surface area (Å²) < 4.78 is 1.78. The molecule has 1 atom stereocenters. The molecule has 8 heteroatoms. The van der Waals surface area contributed by atoms with Crippen molar-refractivity contribution in [1.29, 1.82) is 0 Å². The first-order valence-electron chi connectivity index (χ1n) is 11.6. The summed E-state index contributed by atoms with van der Waals surface area (Å²) in [5.41, 5.74) is 6.72. The summed E-state index contributed by atoms with van der Waals surface area (Å²) in [6.07, 6.45) is 3.35. The van der Waals surface area contributed by atoms with Gasteiger partial charge in [0.1, 0.15) is 16.7 Å². The Kier molecular flexibility index (Phi) is 5.50. The van der Waals surface area contributed by atoms with Gasteiger partial charge in [0.15, 0.2) is 5.82 Å². The van der Waals surface area contributed by atoms with Crippen molar-refractivity contribution < 1.29 is 0 Å². The zero-order chi connectivity index (χ0) is 24.6. The van der Waals surface area contributed by atoms with Crippen molar-refractivity contribution in [2.75, 3.05) is 5.32 Å². The molecule has 0 fully saturated rings. The van der Waals surface area contributed by atoms with Crippen LogP contribution in [0.3, 0.4) is 0 Å². The molecule has 1 N–H and O–H groups in total. The van der Waals surface area contributed by atoms with Gasteiger partial charge in [0, 0.05) is 28.8 Å². The van der Waals surface area contributed by atoms with Gasteiger partial charge in [-0.25, -0.2) is 15.0 Å². The maximum absolute atomic E-state index is 14.2. The fourth-order valence-corrected chi connectivity index (χ4v) is 5.12. The number of fused-ring (bicyclic) bond motifs is 2. The molecular weight excluding hydrogens is 468 g/mol. The van der Waals surface area contributed by atoms with Gasteiger partial charge >= 0.3 is 0 Å². The largest absolute Gasteiger partial charge is 0.360 e. The molecule has 2 aromatic carbocycles. The lowest BCUT2D eigenvalue weighted by atomic mass is 9.98. The first-order valence-corrected chi connectivity index (χ1v) is 12.5. The van der Waals surface area contributed by atoms with E-state index in [2.05, 4.69) is 31.3 Å². The van der Waals surface area contributed by atoms with E-state index in [1.807, 2.05) is 80.7 Å². The van der Waals surface area contributed by atoms with Crippen LogP contribution in [0.25, 0.3) is 37.9 Å². The van der Waals surface area contributed by atoms with Crippen molar-refractivity contribution in [2.45, 2.75) is 19.9 Å². The standard InChI is InChI=1S/C28H22N6OS/c1-17-11-12-20(14-29-17)22-10-6-7-19-13-23(34(28(35)24(19)22)21-8-4-3-5-9-21)18(2)33-26-25-27(31-15-30-26)36-16-32-25/h3-16,18H,1-2H3,(H,30,31,33). The molecule has 0 saturated heterocycles. The number of aryl methyl sites for hydroxylation is 1. The number of aromatic nitrogens is 5. The van der Waals surface area contributed by atoms with Gasteiger partial charge in [0.05, 0.1) is 16.9 Å². The number of rotatable bonds is 5. The van der Waals surface area contributed by atoms with Crippen molar-refractivity contribution in [1.82, 2.24) is 24.5 Å². The molecule has 0 amide bonds. The second-order valence-electron chi connectivity index (χ2n) is 8.60. The van der Waals surface area contributed by atoms with Crippen molar-refractivity contribution in [3.05, 3.63) is 107 Å². The van der Waals surface area contributed by atoms with Gasteiger partial charge in [-0.1, -0.05) is 42.5 Å². The van der Waals surface area contributed by atoms with Gasteiger partial charge in [-0.05, 0) is 49.1 Å². The van der Waals surface area contributed by atoms with Gasteiger partial charge in [0.25, 0.3) is 5.56 Å². The summed E-state index contributed by atoms with van der Waals surface area (Å²) in [7, 11) is 0. The Balaban J connectivity index is 1.57. The highest BCUT2D eigenvalue weighted by molar-refractivity contribution is 7.16. The number of benzene rings is 2. The third-order valence-corrected chi connectivity index (χ3v) is 6.98. The Morgan fingerprint density at radius 1 is 0.944 bits per heavy atom. The third-order valence-electron chi connectivity index (χ3n) is 6.24. The fourth-order valence-electron chi connectivity index (χ4n) is 4.49. The predicted molar refractivity (Wildman–Crippen MR) is 145 cm³/mol. The molecule has 1 unspecified atom stereocenters. The highest BCUT2D eigenvalue weighted by Gasteiger charge is 2.20. The number of para-hydroxylation sites is 1. The van der Waals surface area contributed by atoms with Gasteiger partial charge in [-0.3, -0.25) is 14.3 Å². The lowest BCUT2D eigenvalue weighted by Gasteiger charge is -2.22. The number of hydrogen-bond acceptors (Lipinski definition) is 7. The van der Waals surface area contributed by atoms with Gasteiger partial charge in [-0.15, -0.1) is 11.3 Å². The summed E-state index contributed by atoms with van der Waals surface area (Å²) in [6, 6.07) is 21.5. The molecule has 0 spiro atoms. The normalized spacial score (nSPS) is 12.2. The van der Waals surface area contributed by atoms with Crippen molar-refractivity contribution in [2.24, 2.45) is 0 Å². The van der Waals surface area contributed by atoms with Crippen molar-refractivity contribution in [3.63, 3.8) is 0 Å². The summed E-state index contributed by atoms with van der Waals surface area (Å²) in [6.45, 7) is 3.97. The van der Waals surface area contributed by atoms with E-state index in [0.29, 0.717) is 11.2 Å². The Labute approximate surface area is 211 Å². The number of nitrogens with zero attached hydrogens (tertiary/aromatic N) is 5. The molecule has 4 heterocycles. The molecular formula is C28H22N6OS. The molecule has 4 aromatic heterocycles. The molecule has 0 aliphatic carbocycles. The van der Waals surface area contributed by atoms with E-state index < -0.39 is 0 Å². The van der Waals surface area contributed by atoms with E-state index in [4.69, 9.17) is 0 Å². The maximum Gasteiger partial charge on any atom is 0.263 e. The van der Waals surface area contributed by atoms with Crippen LogP contribution >= 0.6 is 11.3 Å². The van der Waals surface area contributed by atoms with E-state index in [1.54, 1.807) is 10.1 Å². The molecule has 0 radical (unpaired) electrons. The van der Waals surface area contributed by atoms with Crippen LogP contribution in [0.1, 0.15) is 24.4 Å². The molecule has 6 aromatic rings. The molecule has 0 saturated carbocycles. The molecule has 36 heavy (non-hydrogen) atoms. The Bertz CT molecular complexity index is 1760. The highest BCUT2D eigenvalue weighted by atomic mass is 32.1. The van der Waals surface area contributed by atoms with Crippen LogP contribution < -0.4 is 10.9 Å². The molecule has 7 nitrogen and oxygen atoms in total. The quantitative estimate of drug-likeness (QED) is 0.322. The topological polar surface area (TPSA) is 85.6 Å². The lowest BCUT2D eigenvalue weighted by Crippen LogP contribution is -2.26. The summed E-state index contributed by atoms with van der Waals surface area (Å²) >= 11 is 1.47. The van der Waals surface area contributed by atoms with Crippen molar-refractivity contribution >= 4 is 38.3 Å². The molecule has 6 rings (SSSR count). The van der Waals surface area contributed by atoms with E-state index in [9.17, 15) is 4.79 Å². The Morgan fingerprint density at radius 3 is 2.61 bits per heavy atom. The molecule has 0 bridgehead atoms. The monoisotopic (exact) mass is 490 g/mol. The van der Waals surface area contributed by atoms with Crippen LogP contribution in [-0.2, 0) is 0 Å². The van der Waals surface area contributed by atoms with Crippen LogP contribution in [0.2, 0.25) is 0 Å². The minimum atomic E-state index is -0.244. The van der Waals surface area contributed by atoms with Gasteiger partial charge in [-0.2, -0.15) is 0 Å². The summed E-state index contributed by atoms with van der Waals surface area (Å²) in [4.78, 5) is 32.6. The van der Waals surface area contributed by atoms with E-state index in [0.717, 1.165) is 43.9 Å². The minimum Gasteiger partial charge on any atom is -0.360 e. The lowest BCUT2D eigenvalue weighted by molar-refractivity contribution is 0.774. The summed E-state index contributed by atoms with van der Waals surface area (Å²) in [5.74, 6) is 0.639. The second kappa shape index (κ2) is 8.98. The number of pyridine rings is 2. The van der Waals surface area contributed by atoms with Crippen LogP contribution in [0, 0.1) is 6.92 Å². The number of thiazole rings is 1. The van der Waals surface area contributed by atoms with Crippen LogP contribution in [0.15, 0.2) is 89.6 Å². The maximum atomic E-state index is 14.2. The molecule has 0 aliphatic rings. The second-order valence-corrected chi connectivity index (χ2v) is 9.43. The first kappa shape index (κ1) is 22.1. The number of nitrogens with one attached hydrogen (secondary N) is 1. The van der Waals surface area contributed by atoms with Gasteiger partial charge in [0.2, 0.25) is 0 Å². The zero-order valence-electron chi connectivity index (χ0n) is 19.7. The highest BCUT2D eigenvalue weighted by Crippen LogP contribution is 2.31. The SMILES string of the molecule is Cc1ccc(-c2cccc3cc(C(C)Nc4ncnc5scnc45)n(-c4ccccc4)c(=O)c23)cn1. The van der Waals surface area contributed by atoms with E-state index in [-0.39, 0.29) is 11.6 Å². The average molecular weight is 491 g/mol. The van der Waals surface area contributed by atoms with Crippen molar-refractivity contribution in [3.8, 4) is 16.8 Å². The average Bonchev–Trinajstić information content (AvgIpc) is 3.39. The van der Waals surface area contributed by atoms with Crippen LogP contribution in [0.5, 0.6) is 0 Å². The molecule has 0 aliphatic heterocycles.